The Bertz CT molecular complexity index is 419. The Labute approximate surface area is 116 Å². The molecule has 0 amide bonds. The van der Waals surface area contributed by atoms with Crippen molar-refractivity contribution in [2.75, 3.05) is 7.05 Å². The third-order valence-corrected chi connectivity index (χ3v) is 4.56. The first-order valence-corrected chi connectivity index (χ1v) is 7.44. The summed E-state index contributed by atoms with van der Waals surface area (Å²) in [6.45, 7) is 6.72. The molecule has 1 aliphatic rings. The Morgan fingerprint density at radius 3 is 2.32 bits per heavy atom. The number of benzene rings is 1. The van der Waals surface area contributed by atoms with Crippen LogP contribution in [-0.2, 0) is 0 Å². The molecule has 0 aliphatic heterocycles. The highest BCUT2D eigenvalue weighted by molar-refractivity contribution is 5.30. The normalized spacial score (nSPS) is 29.2. The van der Waals surface area contributed by atoms with Gasteiger partial charge in [-0.15, -0.1) is 0 Å². The quantitative estimate of drug-likeness (QED) is 0.848. The smallest absolute Gasteiger partial charge is 0.123 e. The van der Waals surface area contributed by atoms with Gasteiger partial charge >= 0.3 is 0 Å². The van der Waals surface area contributed by atoms with Crippen molar-refractivity contribution < 1.29 is 4.39 Å². The van der Waals surface area contributed by atoms with Gasteiger partial charge in [0.2, 0.25) is 0 Å². The summed E-state index contributed by atoms with van der Waals surface area (Å²) in [4.78, 5) is 0. The summed E-state index contributed by atoms with van der Waals surface area (Å²) in [5, 5.41) is 3.47. The molecule has 2 rings (SSSR count). The van der Waals surface area contributed by atoms with Gasteiger partial charge in [-0.3, -0.25) is 0 Å². The van der Waals surface area contributed by atoms with Gasteiger partial charge in [-0.2, -0.15) is 0 Å². The Morgan fingerprint density at radius 1 is 1.16 bits per heavy atom. The first kappa shape index (κ1) is 14.5. The Kier molecular flexibility index (Phi) is 4.62. The van der Waals surface area contributed by atoms with Crippen LogP contribution in [0.4, 0.5) is 4.39 Å². The molecule has 0 spiro atoms. The van der Waals surface area contributed by atoms with E-state index >= 15 is 0 Å². The predicted molar refractivity (Wildman–Crippen MR) is 78.6 cm³/mol. The second kappa shape index (κ2) is 6.04. The lowest BCUT2D eigenvalue weighted by Gasteiger charge is -2.37. The van der Waals surface area contributed by atoms with Gasteiger partial charge in [-0.05, 0) is 74.2 Å². The van der Waals surface area contributed by atoms with Gasteiger partial charge in [0.15, 0.2) is 0 Å². The van der Waals surface area contributed by atoms with E-state index in [9.17, 15) is 4.39 Å². The molecule has 1 fully saturated rings. The van der Waals surface area contributed by atoms with Crippen molar-refractivity contribution in [3.63, 3.8) is 0 Å². The van der Waals surface area contributed by atoms with Crippen LogP contribution in [0.15, 0.2) is 18.2 Å². The molecular weight excluding hydrogens is 237 g/mol. The zero-order valence-electron chi connectivity index (χ0n) is 12.5. The molecule has 0 radical (unpaired) electrons. The lowest BCUT2D eigenvalue weighted by molar-refractivity contribution is 0.180. The van der Waals surface area contributed by atoms with Crippen LogP contribution in [0, 0.1) is 30.5 Å². The van der Waals surface area contributed by atoms with Crippen LogP contribution in [0.25, 0.3) is 0 Å². The molecule has 3 unspecified atom stereocenters. The van der Waals surface area contributed by atoms with Crippen molar-refractivity contribution in [3.8, 4) is 0 Å². The average molecular weight is 263 g/mol. The van der Waals surface area contributed by atoms with Crippen molar-refractivity contribution in [2.24, 2.45) is 17.8 Å². The van der Waals surface area contributed by atoms with Crippen molar-refractivity contribution in [1.82, 2.24) is 5.32 Å². The van der Waals surface area contributed by atoms with Crippen LogP contribution in [0.3, 0.4) is 0 Å². The third-order valence-electron chi connectivity index (χ3n) is 4.56. The van der Waals surface area contributed by atoms with Crippen molar-refractivity contribution >= 4 is 0 Å². The number of hydrogen-bond donors (Lipinski definition) is 1. The highest BCUT2D eigenvalue weighted by Gasteiger charge is 2.30. The fourth-order valence-electron chi connectivity index (χ4n) is 3.91. The number of halogens is 1. The van der Waals surface area contributed by atoms with Crippen LogP contribution in [0.1, 0.15) is 50.3 Å². The molecule has 1 nitrogen and oxygen atoms in total. The van der Waals surface area contributed by atoms with E-state index in [0.29, 0.717) is 12.0 Å². The molecule has 0 bridgehead atoms. The van der Waals surface area contributed by atoms with Gasteiger partial charge in [0.05, 0.1) is 0 Å². The summed E-state index contributed by atoms with van der Waals surface area (Å²) in [5.74, 6) is 2.12. The van der Waals surface area contributed by atoms with Gasteiger partial charge in [0.1, 0.15) is 5.82 Å². The van der Waals surface area contributed by atoms with Gasteiger partial charge in [-0.1, -0.05) is 19.9 Å². The maximum absolute atomic E-state index is 13.3. The maximum atomic E-state index is 13.3. The number of nitrogens with one attached hydrogen (secondary N) is 1. The maximum Gasteiger partial charge on any atom is 0.123 e. The fraction of sp³-hybridized carbons (Fsp3) is 0.647. The summed E-state index contributed by atoms with van der Waals surface area (Å²) < 4.78 is 13.3. The monoisotopic (exact) mass is 263 g/mol. The Hall–Kier alpha value is -0.890. The van der Waals surface area contributed by atoms with Gasteiger partial charge < -0.3 is 5.32 Å². The zero-order valence-corrected chi connectivity index (χ0v) is 12.5. The molecule has 106 valence electrons. The lowest BCUT2D eigenvalue weighted by Crippen LogP contribution is -2.31. The number of aryl methyl sites for hydroxylation is 1. The molecule has 1 aromatic carbocycles. The van der Waals surface area contributed by atoms with E-state index in [2.05, 4.69) is 19.2 Å². The molecule has 0 saturated heterocycles. The van der Waals surface area contributed by atoms with Crippen molar-refractivity contribution in [3.05, 3.63) is 35.1 Å². The summed E-state index contributed by atoms with van der Waals surface area (Å²) in [6, 6.07) is 5.54. The molecule has 19 heavy (non-hydrogen) atoms. The third kappa shape index (κ3) is 3.36. The van der Waals surface area contributed by atoms with E-state index in [1.807, 2.05) is 20.0 Å². The predicted octanol–water partition coefficient (Wildman–Crippen LogP) is 4.47. The second-order valence-corrected chi connectivity index (χ2v) is 6.44. The molecular formula is C17H26FN. The zero-order chi connectivity index (χ0) is 14.0. The van der Waals surface area contributed by atoms with E-state index in [1.165, 1.54) is 24.8 Å². The van der Waals surface area contributed by atoms with Crippen molar-refractivity contribution in [1.29, 1.82) is 0 Å². The van der Waals surface area contributed by atoms with E-state index in [1.54, 1.807) is 12.1 Å². The summed E-state index contributed by atoms with van der Waals surface area (Å²) in [7, 11) is 2.03. The average Bonchev–Trinajstić information content (AvgIpc) is 2.31. The number of rotatable bonds is 3. The topological polar surface area (TPSA) is 12.0 Å². The molecule has 3 atom stereocenters. The van der Waals surface area contributed by atoms with Crippen LogP contribution in [0.5, 0.6) is 0 Å². The first-order valence-electron chi connectivity index (χ1n) is 7.44. The fourth-order valence-corrected chi connectivity index (χ4v) is 3.91. The minimum atomic E-state index is -0.138. The van der Waals surface area contributed by atoms with Crippen LogP contribution < -0.4 is 5.32 Å². The first-order chi connectivity index (χ1) is 9.01. The largest absolute Gasteiger partial charge is 0.313 e. The minimum absolute atomic E-state index is 0.138. The highest BCUT2D eigenvalue weighted by atomic mass is 19.1. The second-order valence-electron chi connectivity index (χ2n) is 6.44. The Balaban J connectivity index is 2.23. The number of hydrogen-bond acceptors (Lipinski definition) is 1. The van der Waals surface area contributed by atoms with Gasteiger partial charge in [0, 0.05) is 6.04 Å². The summed E-state index contributed by atoms with van der Waals surface area (Å²) in [5.41, 5.74) is 2.32. The lowest BCUT2D eigenvalue weighted by atomic mass is 9.72. The van der Waals surface area contributed by atoms with Gasteiger partial charge in [0.25, 0.3) is 0 Å². The molecule has 1 N–H and O–H groups in total. The molecule has 1 aromatic rings. The Morgan fingerprint density at radius 2 is 1.79 bits per heavy atom. The highest BCUT2D eigenvalue weighted by Crippen LogP contribution is 2.40. The standard InChI is InChI=1S/C17H26FN/c1-11-7-12(2)9-14(8-11)17(19-4)16-6-5-15(18)10-13(16)3/h5-6,10-12,14,17,19H,7-9H2,1-4H3. The summed E-state index contributed by atoms with van der Waals surface area (Å²) in [6.07, 6.45) is 3.88. The van der Waals surface area contributed by atoms with E-state index in [0.717, 1.165) is 17.4 Å². The molecule has 0 heterocycles. The van der Waals surface area contributed by atoms with Crippen LogP contribution >= 0.6 is 0 Å². The molecule has 1 saturated carbocycles. The van der Waals surface area contributed by atoms with Gasteiger partial charge in [-0.25, -0.2) is 4.39 Å². The summed E-state index contributed by atoms with van der Waals surface area (Å²) >= 11 is 0. The minimum Gasteiger partial charge on any atom is -0.313 e. The van der Waals surface area contributed by atoms with E-state index < -0.39 is 0 Å². The van der Waals surface area contributed by atoms with E-state index in [-0.39, 0.29) is 5.82 Å². The molecule has 2 heteroatoms. The molecule has 0 aromatic heterocycles. The molecule has 1 aliphatic carbocycles. The van der Waals surface area contributed by atoms with E-state index in [4.69, 9.17) is 0 Å². The van der Waals surface area contributed by atoms with Crippen molar-refractivity contribution in [2.45, 2.75) is 46.1 Å². The van der Waals surface area contributed by atoms with Crippen LogP contribution in [0.2, 0.25) is 0 Å². The SMILES string of the molecule is CNC(c1ccc(F)cc1C)C1CC(C)CC(C)C1. The van der Waals surface area contributed by atoms with Crippen LogP contribution in [-0.4, -0.2) is 7.05 Å².